The van der Waals surface area contributed by atoms with Crippen molar-refractivity contribution in [3.63, 3.8) is 0 Å². The largest absolute Gasteiger partial charge is 0.486 e. The summed E-state index contributed by atoms with van der Waals surface area (Å²) in [5.41, 5.74) is 0.865. The first kappa shape index (κ1) is 21.5. The number of hydrogen-bond donors (Lipinski definition) is 2. The van der Waals surface area contributed by atoms with Gasteiger partial charge in [0.25, 0.3) is 15.9 Å². The Morgan fingerprint density at radius 2 is 1.68 bits per heavy atom. The van der Waals surface area contributed by atoms with E-state index in [0.29, 0.717) is 42.5 Å². The zero-order valence-corrected chi connectivity index (χ0v) is 18.1. The molecule has 4 rings (SSSR count). The maximum atomic E-state index is 12.7. The summed E-state index contributed by atoms with van der Waals surface area (Å²) in [5, 5.41) is 2.92. The number of hydrogen-bond acceptors (Lipinski definition) is 6. The number of ether oxygens (including phenoxy) is 2. The molecular weight excluding hydrogens is 418 g/mol. The first-order chi connectivity index (χ1) is 15.0. The van der Waals surface area contributed by atoms with Gasteiger partial charge in [0.1, 0.15) is 13.2 Å². The summed E-state index contributed by atoms with van der Waals surface area (Å²) in [5.74, 6) is 0.773. The smallest absolute Gasteiger partial charge is 0.262 e. The number of rotatable bonds is 8. The maximum absolute atomic E-state index is 12.7. The van der Waals surface area contributed by atoms with Crippen LogP contribution in [0.5, 0.6) is 11.5 Å². The van der Waals surface area contributed by atoms with Crippen molar-refractivity contribution in [2.75, 3.05) is 44.1 Å². The molecule has 8 nitrogen and oxygen atoms in total. The average Bonchev–Trinajstić information content (AvgIpc) is 3.30. The predicted molar refractivity (Wildman–Crippen MR) is 117 cm³/mol. The summed E-state index contributed by atoms with van der Waals surface area (Å²) < 4.78 is 38.8. The number of anilines is 1. The van der Waals surface area contributed by atoms with Crippen molar-refractivity contribution in [1.82, 2.24) is 10.2 Å². The monoisotopic (exact) mass is 445 g/mol. The molecule has 2 aromatic rings. The molecule has 0 saturated carbocycles. The van der Waals surface area contributed by atoms with Gasteiger partial charge in [-0.1, -0.05) is 0 Å². The molecule has 0 unspecified atom stereocenters. The fourth-order valence-corrected chi connectivity index (χ4v) is 4.78. The Balaban J connectivity index is 1.31. The van der Waals surface area contributed by atoms with Crippen LogP contribution in [0.1, 0.15) is 29.6 Å². The molecular formula is C22H27N3O5S. The third-order valence-electron chi connectivity index (χ3n) is 5.36. The Hall–Kier alpha value is -2.78. The van der Waals surface area contributed by atoms with Gasteiger partial charge in [-0.05, 0) is 75.3 Å². The molecule has 1 saturated heterocycles. The molecule has 0 radical (unpaired) electrons. The standard InChI is InChI=1S/C22H27N3O5S/c26-22(23-10-3-13-25-11-1-2-12-25)17-4-6-18(7-5-17)24-31(27,28)19-8-9-20-21(16-19)30-15-14-29-20/h4-9,16,24H,1-3,10-15H2,(H,23,26). The molecule has 9 heteroatoms. The number of fused-ring (bicyclic) bond motifs is 1. The molecule has 2 aliphatic rings. The van der Waals surface area contributed by atoms with Crippen LogP contribution in [0.15, 0.2) is 47.4 Å². The molecule has 0 bridgehead atoms. The molecule has 2 aromatic carbocycles. The van der Waals surface area contributed by atoms with E-state index in [1.54, 1.807) is 30.3 Å². The van der Waals surface area contributed by atoms with E-state index in [1.165, 1.54) is 25.0 Å². The number of nitrogens with one attached hydrogen (secondary N) is 2. The molecule has 166 valence electrons. The van der Waals surface area contributed by atoms with Gasteiger partial charge in [-0.15, -0.1) is 0 Å². The minimum Gasteiger partial charge on any atom is -0.486 e. The van der Waals surface area contributed by atoms with E-state index in [0.717, 1.165) is 26.1 Å². The van der Waals surface area contributed by atoms with Gasteiger partial charge < -0.3 is 19.7 Å². The van der Waals surface area contributed by atoms with Gasteiger partial charge in [-0.25, -0.2) is 8.42 Å². The van der Waals surface area contributed by atoms with Gasteiger partial charge in [0, 0.05) is 23.9 Å². The number of carbonyl (C=O) groups is 1. The van der Waals surface area contributed by atoms with Crippen LogP contribution in [-0.4, -0.2) is 58.6 Å². The van der Waals surface area contributed by atoms with Crippen molar-refractivity contribution >= 4 is 21.6 Å². The van der Waals surface area contributed by atoms with Crippen molar-refractivity contribution in [1.29, 1.82) is 0 Å². The Labute approximate surface area is 182 Å². The lowest BCUT2D eigenvalue weighted by atomic mass is 10.2. The van der Waals surface area contributed by atoms with Crippen LogP contribution in [0.25, 0.3) is 0 Å². The minimum atomic E-state index is -3.80. The summed E-state index contributed by atoms with van der Waals surface area (Å²) in [4.78, 5) is 14.8. The summed E-state index contributed by atoms with van der Waals surface area (Å²) in [6, 6.07) is 10.9. The average molecular weight is 446 g/mol. The molecule has 2 N–H and O–H groups in total. The molecule has 0 aliphatic carbocycles. The summed E-state index contributed by atoms with van der Waals surface area (Å²) >= 11 is 0. The van der Waals surface area contributed by atoms with Gasteiger partial charge >= 0.3 is 0 Å². The van der Waals surface area contributed by atoms with E-state index in [-0.39, 0.29) is 10.8 Å². The van der Waals surface area contributed by atoms with Gasteiger partial charge in [0.15, 0.2) is 11.5 Å². The lowest BCUT2D eigenvalue weighted by Crippen LogP contribution is -2.28. The number of amides is 1. The second kappa shape index (κ2) is 9.57. The Morgan fingerprint density at radius 3 is 2.42 bits per heavy atom. The van der Waals surface area contributed by atoms with Gasteiger partial charge in [-0.2, -0.15) is 0 Å². The third kappa shape index (κ3) is 5.48. The molecule has 0 aromatic heterocycles. The summed E-state index contributed by atoms with van der Waals surface area (Å²) in [7, 11) is -3.80. The second-order valence-electron chi connectivity index (χ2n) is 7.65. The number of nitrogens with zero attached hydrogens (tertiary/aromatic N) is 1. The minimum absolute atomic E-state index is 0.0802. The van der Waals surface area contributed by atoms with Crippen LogP contribution in [0.4, 0.5) is 5.69 Å². The van der Waals surface area contributed by atoms with Gasteiger partial charge in [0.05, 0.1) is 4.90 Å². The fraction of sp³-hybridized carbons (Fsp3) is 0.409. The predicted octanol–water partition coefficient (Wildman–Crippen LogP) is 2.47. The van der Waals surface area contributed by atoms with Crippen LogP contribution >= 0.6 is 0 Å². The Bertz CT molecular complexity index is 1020. The number of benzene rings is 2. The number of sulfonamides is 1. The lowest BCUT2D eigenvalue weighted by molar-refractivity contribution is 0.0952. The van der Waals surface area contributed by atoms with Crippen LogP contribution < -0.4 is 19.5 Å². The summed E-state index contributed by atoms with van der Waals surface area (Å²) in [6.07, 6.45) is 3.44. The zero-order chi connectivity index (χ0) is 21.7. The summed E-state index contributed by atoms with van der Waals surface area (Å²) in [6.45, 7) is 4.74. The van der Waals surface area contributed by atoms with Crippen molar-refractivity contribution < 1.29 is 22.7 Å². The van der Waals surface area contributed by atoms with E-state index in [1.807, 2.05) is 0 Å². The highest BCUT2D eigenvalue weighted by atomic mass is 32.2. The van der Waals surface area contributed by atoms with Crippen molar-refractivity contribution in [3.8, 4) is 11.5 Å². The molecule has 2 heterocycles. The fourth-order valence-electron chi connectivity index (χ4n) is 3.71. The van der Waals surface area contributed by atoms with Gasteiger partial charge in [0.2, 0.25) is 0 Å². The van der Waals surface area contributed by atoms with E-state index < -0.39 is 10.0 Å². The van der Waals surface area contributed by atoms with E-state index in [9.17, 15) is 13.2 Å². The maximum Gasteiger partial charge on any atom is 0.262 e. The highest BCUT2D eigenvalue weighted by molar-refractivity contribution is 7.92. The van der Waals surface area contributed by atoms with Crippen LogP contribution in [0, 0.1) is 0 Å². The highest BCUT2D eigenvalue weighted by Gasteiger charge is 2.19. The Morgan fingerprint density at radius 1 is 0.968 bits per heavy atom. The van der Waals surface area contributed by atoms with Crippen LogP contribution in [0.3, 0.4) is 0 Å². The van der Waals surface area contributed by atoms with E-state index >= 15 is 0 Å². The quantitative estimate of drug-likeness (QED) is 0.606. The van der Waals surface area contributed by atoms with Crippen LogP contribution in [-0.2, 0) is 10.0 Å². The molecule has 1 fully saturated rings. The number of likely N-dealkylation sites (tertiary alicyclic amines) is 1. The highest BCUT2D eigenvalue weighted by Crippen LogP contribution is 2.32. The molecule has 2 aliphatic heterocycles. The SMILES string of the molecule is O=C(NCCCN1CCCC1)c1ccc(NS(=O)(=O)c2ccc3c(c2)OCCO3)cc1. The van der Waals surface area contributed by atoms with Crippen molar-refractivity contribution in [3.05, 3.63) is 48.0 Å². The van der Waals surface area contributed by atoms with E-state index in [4.69, 9.17) is 9.47 Å². The first-order valence-electron chi connectivity index (χ1n) is 10.5. The Kier molecular flexibility index (Phi) is 6.62. The topological polar surface area (TPSA) is 97.0 Å². The third-order valence-corrected chi connectivity index (χ3v) is 6.74. The molecule has 31 heavy (non-hydrogen) atoms. The molecule has 0 spiro atoms. The normalized spacial score (nSPS) is 16.1. The second-order valence-corrected chi connectivity index (χ2v) is 9.33. The van der Waals surface area contributed by atoms with Gasteiger partial charge in [-0.3, -0.25) is 9.52 Å². The van der Waals surface area contributed by atoms with Crippen molar-refractivity contribution in [2.24, 2.45) is 0 Å². The van der Waals surface area contributed by atoms with Crippen LogP contribution in [0.2, 0.25) is 0 Å². The van der Waals surface area contributed by atoms with Crippen molar-refractivity contribution in [2.45, 2.75) is 24.2 Å². The molecule has 1 amide bonds. The number of carbonyl (C=O) groups excluding carboxylic acids is 1. The first-order valence-corrected chi connectivity index (χ1v) is 12.0. The molecule has 0 atom stereocenters. The lowest BCUT2D eigenvalue weighted by Gasteiger charge is -2.19. The van der Waals surface area contributed by atoms with E-state index in [2.05, 4.69) is 14.9 Å². The zero-order valence-electron chi connectivity index (χ0n) is 17.3.